The van der Waals surface area contributed by atoms with Crippen LogP contribution in [0.25, 0.3) is 11.1 Å². The number of rotatable bonds is 6. The summed E-state index contributed by atoms with van der Waals surface area (Å²) in [4.78, 5) is 17.0. The number of hydrogen-bond donors (Lipinski definition) is 2. The molecule has 2 aromatic heterocycles. The number of halogens is 1. The summed E-state index contributed by atoms with van der Waals surface area (Å²) in [6, 6.07) is 7.93. The number of carbonyl (C=O) groups excluding carboxylic acids is 1. The molecule has 0 radical (unpaired) electrons. The van der Waals surface area contributed by atoms with Crippen molar-refractivity contribution in [1.82, 2.24) is 10.1 Å². The number of nitrogens with zero attached hydrogens (tertiary/aromatic N) is 3. The van der Waals surface area contributed by atoms with Crippen molar-refractivity contribution in [1.29, 1.82) is 5.26 Å². The van der Waals surface area contributed by atoms with Gasteiger partial charge in [0, 0.05) is 31.5 Å². The van der Waals surface area contributed by atoms with Crippen molar-refractivity contribution in [3.63, 3.8) is 0 Å². The van der Waals surface area contributed by atoms with E-state index in [9.17, 15) is 14.4 Å². The van der Waals surface area contributed by atoms with Gasteiger partial charge in [-0.15, -0.1) is 0 Å². The maximum absolute atomic E-state index is 14.6. The maximum Gasteiger partial charge on any atom is 0.259 e. The van der Waals surface area contributed by atoms with Crippen LogP contribution in [-0.2, 0) is 9.47 Å². The molecule has 2 N–H and O–H groups in total. The van der Waals surface area contributed by atoms with Crippen molar-refractivity contribution >= 4 is 17.5 Å². The number of benzene rings is 1. The molecule has 0 saturated carbocycles. The number of ether oxygens (including phenoxy) is 2. The third kappa shape index (κ3) is 4.84. The van der Waals surface area contributed by atoms with Crippen LogP contribution >= 0.6 is 0 Å². The number of methoxy groups -OCH3 is 1. The fraction of sp³-hybridized carbons (Fsp3) is 0.304. The highest BCUT2D eigenvalue weighted by molar-refractivity contribution is 6.04. The Labute approximate surface area is 189 Å². The molecular weight excluding hydrogens is 429 g/mol. The van der Waals surface area contributed by atoms with Crippen molar-refractivity contribution in [2.75, 3.05) is 31.0 Å². The summed E-state index contributed by atoms with van der Waals surface area (Å²) in [5.74, 6) is -0.736. The van der Waals surface area contributed by atoms with E-state index in [1.54, 1.807) is 26.3 Å². The predicted molar refractivity (Wildman–Crippen MR) is 117 cm³/mol. The standard InChI is InChI=1S/C23H22FN5O4/c1-13-7-18(24)17(23(30)28-21-4-6-33-29-21)9-16(13)15-8-14(10-25)22(26-11-15)27-19-3-5-32-12-20(19)31-2/h4,6-9,11,19-20H,3,5,12H2,1-2H3,(H,26,27)(H,28,29,30)/t19-,20+/m1/s1. The first-order valence-corrected chi connectivity index (χ1v) is 10.3. The van der Waals surface area contributed by atoms with E-state index in [2.05, 4.69) is 31.4 Å². The molecule has 2 atom stereocenters. The van der Waals surface area contributed by atoms with Crippen LogP contribution in [0, 0.1) is 24.1 Å². The molecule has 10 heteroatoms. The monoisotopic (exact) mass is 451 g/mol. The first-order chi connectivity index (χ1) is 16.0. The number of aromatic nitrogens is 2. The lowest BCUT2D eigenvalue weighted by Gasteiger charge is -2.31. The Balaban J connectivity index is 1.63. The number of hydrogen-bond acceptors (Lipinski definition) is 8. The highest BCUT2D eigenvalue weighted by atomic mass is 19.1. The van der Waals surface area contributed by atoms with Crippen LogP contribution < -0.4 is 10.6 Å². The maximum atomic E-state index is 14.6. The second-order valence-corrected chi connectivity index (χ2v) is 7.61. The summed E-state index contributed by atoms with van der Waals surface area (Å²) >= 11 is 0. The van der Waals surface area contributed by atoms with E-state index in [-0.39, 0.29) is 23.5 Å². The van der Waals surface area contributed by atoms with Gasteiger partial charge >= 0.3 is 0 Å². The minimum atomic E-state index is -0.672. The summed E-state index contributed by atoms with van der Waals surface area (Å²) in [5.41, 5.74) is 1.93. The van der Waals surface area contributed by atoms with E-state index in [0.717, 1.165) is 0 Å². The Kier molecular flexibility index (Phi) is 6.63. The SMILES string of the molecule is CO[C@H]1COCC[C@H]1Nc1ncc(-c2cc(C(=O)Nc3ccon3)c(F)cc2C)cc1C#N. The van der Waals surface area contributed by atoms with Crippen LogP contribution in [0.5, 0.6) is 0 Å². The topological polar surface area (TPSA) is 122 Å². The average Bonchev–Trinajstić information content (AvgIpc) is 3.33. The molecule has 1 aromatic carbocycles. The van der Waals surface area contributed by atoms with E-state index < -0.39 is 11.7 Å². The molecule has 1 aliphatic heterocycles. The minimum Gasteiger partial charge on any atom is -0.379 e. The minimum absolute atomic E-state index is 0.0476. The lowest BCUT2D eigenvalue weighted by Crippen LogP contribution is -2.43. The van der Waals surface area contributed by atoms with E-state index in [4.69, 9.17) is 9.47 Å². The molecule has 3 aromatic rings. The highest BCUT2D eigenvalue weighted by Crippen LogP contribution is 2.29. The van der Waals surface area contributed by atoms with Gasteiger partial charge in [0.15, 0.2) is 5.82 Å². The molecule has 170 valence electrons. The third-order valence-corrected chi connectivity index (χ3v) is 5.49. The number of anilines is 2. The number of nitriles is 1. The number of pyridine rings is 1. The van der Waals surface area contributed by atoms with E-state index in [1.807, 2.05) is 0 Å². The van der Waals surface area contributed by atoms with E-state index >= 15 is 0 Å². The predicted octanol–water partition coefficient (Wildman–Crippen LogP) is 3.52. The van der Waals surface area contributed by atoms with Crippen molar-refractivity contribution in [2.45, 2.75) is 25.5 Å². The molecule has 3 heterocycles. The van der Waals surface area contributed by atoms with Gasteiger partial charge in [-0.1, -0.05) is 5.16 Å². The third-order valence-electron chi connectivity index (χ3n) is 5.49. The fourth-order valence-corrected chi connectivity index (χ4v) is 3.72. The number of nitrogens with one attached hydrogen (secondary N) is 2. The van der Waals surface area contributed by atoms with Crippen molar-refractivity contribution in [2.24, 2.45) is 0 Å². The van der Waals surface area contributed by atoms with Gasteiger partial charge in [0.2, 0.25) is 0 Å². The zero-order valence-corrected chi connectivity index (χ0v) is 18.1. The van der Waals surface area contributed by atoms with Crippen molar-refractivity contribution < 1.29 is 23.2 Å². The first kappa shape index (κ1) is 22.4. The average molecular weight is 451 g/mol. The molecule has 1 amide bonds. The molecule has 4 rings (SSSR count). The Morgan fingerprint density at radius 3 is 2.94 bits per heavy atom. The molecule has 1 saturated heterocycles. The zero-order valence-electron chi connectivity index (χ0n) is 18.1. The lowest BCUT2D eigenvalue weighted by atomic mass is 9.97. The smallest absolute Gasteiger partial charge is 0.259 e. The van der Waals surface area contributed by atoms with Crippen LogP contribution in [0.2, 0.25) is 0 Å². The van der Waals surface area contributed by atoms with Gasteiger partial charge < -0.3 is 24.6 Å². The summed E-state index contributed by atoms with van der Waals surface area (Å²) in [5, 5.41) is 19.1. The quantitative estimate of drug-likeness (QED) is 0.584. The summed E-state index contributed by atoms with van der Waals surface area (Å²) < 4.78 is 30.1. The number of aryl methyl sites for hydroxylation is 1. The van der Waals surface area contributed by atoms with Crippen molar-refractivity contribution in [3.8, 4) is 17.2 Å². The Morgan fingerprint density at radius 2 is 2.21 bits per heavy atom. The van der Waals surface area contributed by atoms with Gasteiger partial charge in [-0.2, -0.15) is 5.26 Å². The van der Waals surface area contributed by atoms with Crippen LogP contribution in [0.1, 0.15) is 27.9 Å². The Morgan fingerprint density at radius 1 is 1.36 bits per heavy atom. The molecule has 1 aliphatic rings. The molecule has 0 aliphatic carbocycles. The second-order valence-electron chi connectivity index (χ2n) is 7.61. The van der Waals surface area contributed by atoms with Gasteiger partial charge in [0.25, 0.3) is 5.91 Å². The fourth-order valence-electron chi connectivity index (χ4n) is 3.72. The van der Waals surface area contributed by atoms with Crippen molar-refractivity contribution in [3.05, 3.63) is 59.2 Å². The number of carbonyl (C=O) groups is 1. The first-order valence-electron chi connectivity index (χ1n) is 10.3. The van der Waals surface area contributed by atoms with E-state index in [1.165, 1.54) is 24.5 Å². The molecule has 33 heavy (non-hydrogen) atoms. The largest absolute Gasteiger partial charge is 0.379 e. The summed E-state index contributed by atoms with van der Waals surface area (Å²) in [7, 11) is 1.61. The van der Waals surface area contributed by atoms with Crippen LogP contribution in [0.4, 0.5) is 16.0 Å². The van der Waals surface area contributed by atoms with Gasteiger partial charge in [-0.05, 0) is 42.7 Å². The van der Waals surface area contributed by atoms with E-state index in [0.29, 0.717) is 47.7 Å². The molecule has 1 fully saturated rings. The van der Waals surface area contributed by atoms with Gasteiger partial charge in [-0.25, -0.2) is 9.37 Å². The van der Waals surface area contributed by atoms with Gasteiger partial charge in [-0.3, -0.25) is 4.79 Å². The van der Waals surface area contributed by atoms with Crippen LogP contribution in [0.3, 0.4) is 0 Å². The normalized spacial score (nSPS) is 17.9. The lowest BCUT2D eigenvalue weighted by molar-refractivity contribution is -0.0367. The van der Waals surface area contributed by atoms with Crippen LogP contribution in [0.15, 0.2) is 41.2 Å². The van der Waals surface area contributed by atoms with Gasteiger partial charge in [0.1, 0.15) is 30.1 Å². The molecule has 9 nitrogen and oxygen atoms in total. The molecular formula is C23H22FN5O4. The van der Waals surface area contributed by atoms with Crippen LogP contribution in [-0.4, -0.2) is 48.5 Å². The molecule has 0 unspecified atom stereocenters. The Hall–Kier alpha value is -3.81. The summed E-state index contributed by atoms with van der Waals surface area (Å²) in [6.45, 7) is 2.77. The highest BCUT2D eigenvalue weighted by Gasteiger charge is 2.27. The molecule has 0 spiro atoms. The van der Waals surface area contributed by atoms with Gasteiger partial charge in [0.05, 0.1) is 23.8 Å². The Bertz CT molecular complexity index is 1190. The molecule has 0 bridgehead atoms. The zero-order chi connectivity index (χ0) is 23.4. The number of amides is 1. The summed E-state index contributed by atoms with van der Waals surface area (Å²) in [6.07, 6.45) is 3.45. The second kappa shape index (κ2) is 9.77.